The number of carbonyl (C=O) groups is 1. The van der Waals surface area contributed by atoms with Crippen molar-refractivity contribution >= 4 is 16.9 Å². The van der Waals surface area contributed by atoms with Crippen molar-refractivity contribution in [3.8, 4) is 0 Å². The minimum Gasteiger partial charge on any atom is -0.393 e. The first-order valence-electron chi connectivity index (χ1n) is 8.68. The van der Waals surface area contributed by atoms with Gasteiger partial charge in [-0.3, -0.25) is 4.79 Å². The van der Waals surface area contributed by atoms with E-state index >= 15 is 0 Å². The number of ether oxygens (including phenoxy) is 2. The maximum absolute atomic E-state index is 11.4. The van der Waals surface area contributed by atoms with Gasteiger partial charge in [-0.25, -0.2) is 0 Å². The Hall–Kier alpha value is -0.100. The molecule has 0 aromatic heterocycles. The van der Waals surface area contributed by atoms with Crippen molar-refractivity contribution in [2.24, 2.45) is 5.92 Å². The van der Waals surface area contributed by atoms with Crippen LogP contribution in [-0.4, -0.2) is 40.6 Å². The Morgan fingerprint density at radius 1 is 1.23 bits per heavy atom. The molecule has 2 rings (SSSR count). The highest BCUT2D eigenvalue weighted by Gasteiger charge is 2.40. The van der Waals surface area contributed by atoms with Gasteiger partial charge in [0.25, 0.3) is 0 Å². The number of hydrogen-bond donors (Lipinski definition) is 1. The summed E-state index contributed by atoms with van der Waals surface area (Å²) in [5.74, 6) is -0.0199. The third-order valence-electron chi connectivity index (χ3n) is 4.79. The minimum atomic E-state index is -0.409. The van der Waals surface area contributed by atoms with Gasteiger partial charge in [-0.15, -0.1) is 0 Å². The van der Waals surface area contributed by atoms with Gasteiger partial charge in [0.05, 0.1) is 19.3 Å². The van der Waals surface area contributed by atoms with Gasteiger partial charge in [-0.05, 0) is 31.6 Å². The molecule has 1 heterocycles. The Bertz CT molecular complexity index is 355. The largest absolute Gasteiger partial charge is 0.393 e. The fourth-order valence-corrected chi connectivity index (χ4v) is 4.86. The van der Waals surface area contributed by atoms with Gasteiger partial charge >= 0.3 is 0 Å². The molecule has 0 bridgehead atoms. The Kier molecular flexibility index (Phi) is 7.19. The summed E-state index contributed by atoms with van der Waals surface area (Å²) in [4.78, 5) is 11.4. The van der Waals surface area contributed by atoms with E-state index in [1.165, 1.54) is 24.6 Å². The summed E-state index contributed by atoms with van der Waals surface area (Å²) in [6.45, 7) is 5.18. The molecule has 5 heteroatoms. The van der Waals surface area contributed by atoms with Crippen LogP contribution < -0.4 is 0 Å². The summed E-state index contributed by atoms with van der Waals surface area (Å²) in [5.41, 5.74) is 0. The monoisotopic (exact) mass is 330 g/mol. The van der Waals surface area contributed by atoms with Crippen molar-refractivity contribution in [1.82, 2.24) is 0 Å². The molecule has 1 aliphatic heterocycles. The van der Waals surface area contributed by atoms with Crippen LogP contribution in [0.2, 0.25) is 0 Å². The third kappa shape index (κ3) is 5.22. The summed E-state index contributed by atoms with van der Waals surface area (Å²) in [5, 5.41) is 10.3. The maximum atomic E-state index is 11.4. The number of unbranched alkanes of at least 4 members (excludes halogenated alkanes) is 2. The summed E-state index contributed by atoms with van der Waals surface area (Å²) >= 11 is 1.40. The van der Waals surface area contributed by atoms with Crippen LogP contribution in [0, 0.1) is 5.92 Å². The maximum Gasteiger partial charge on any atom is 0.186 e. The van der Waals surface area contributed by atoms with Gasteiger partial charge in [0.15, 0.2) is 10.9 Å². The zero-order chi connectivity index (χ0) is 16.0. The molecule has 2 aliphatic rings. The van der Waals surface area contributed by atoms with E-state index < -0.39 is 5.79 Å². The van der Waals surface area contributed by atoms with Crippen molar-refractivity contribution in [2.45, 2.75) is 82.4 Å². The molecule has 1 saturated heterocycles. The summed E-state index contributed by atoms with van der Waals surface area (Å²) in [6, 6.07) is 0. The molecule has 1 aliphatic carbocycles. The number of hydrogen-bond acceptors (Lipinski definition) is 5. The first-order valence-corrected chi connectivity index (χ1v) is 9.56. The highest BCUT2D eigenvalue weighted by molar-refractivity contribution is 8.14. The van der Waals surface area contributed by atoms with E-state index in [0.29, 0.717) is 19.1 Å². The van der Waals surface area contributed by atoms with Gasteiger partial charge in [0.2, 0.25) is 0 Å². The average molecular weight is 330 g/mol. The molecule has 0 spiro atoms. The van der Waals surface area contributed by atoms with Crippen LogP contribution in [-0.2, 0) is 14.3 Å². The van der Waals surface area contributed by atoms with Gasteiger partial charge in [-0.2, -0.15) is 0 Å². The van der Waals surface area contributed by atoms with Crippen LogP contribution in [0.15, 0.2) is 0 Å². The normalized spacial score (nSPS) is 30.8. The molecule has 22 heavy (non-hydrogen) atoms. The molecular formula is C17H30O4S. The lowest BCUT2D eigenvalue weighted by molar-refractivity contribution is -0.170. The number of aliphatic hydroxyl groups is 1. The molecule has 0 unspecified atom stereocenters. The molecule has 0 aromatic carbocycles. The Morgan fingerprint density at radius 2 is 1.95 bits per heavy atom. The van der Waals surface area contributed by atoms with E-state index in [2.05, 4.69) is 6.92 Å². The number of thioether (sulfide) groups is 1. The Balaban J connectivity index is 1.86. The number of carbonyl (C=O) groups excluding carboxylic acids is 1. The Labute approximate surface area is 138 Å². The minimum absolute atomic E-state index is 0.148. The van der Waals surface area contributed by atoms with E-state index in [1.54, 1.807) is 6.92 Å². The lowest BCUT2D eigenvalue weighted by atomic mass is 9.94. The summed E-state index contributed by atoms with van der Waals surface area (Å²) < 4.78 is 11.9. The average Bonchev–Trinajstić information content (AvgIpc) is 3.04. The molecule has 0 radical (unpaired) electrons. The molecule has 3 atom stereocenters. The lowest BCUT2D eigenvalue weighted by Crippen LogP contribution is -2.31. The molecule has 0 amide bonds. The quantitative estimate of drug-likeness (QED) is 0.690. The molecule has 128 valence electrons. The van der Waals surface area contributed by atoms with Crippen LogP contribution in [0.1, 0.15) is 65.2 Å². The second kappa shape index (κ2) is 8.67. The predicted molar refractivity (Wildman–Crippen MR) is 88.8 cm³/mol. The third-order valence-corrected chi connectivity index (χ3v) is 6.01. The molecule has 0 aromatic rings. The Morgan fingerprint density at radius 3 is 2.59 bits per heavy atom. The molecule has 1 N–H and O–H groups in total. The van der Waals surface area contributed by atoms with E-state index in [-0.39, 0.29) is 16.5 Å². The van der Waals surface area contributed by atoms with E-state index in [0.717, 1.165) is 38.5 Å². The van der Waals surface area contributed by atoms with Crippen LogP contribution in [0.3, 0.4) is 0 Å². The predicted octanol–water partition coefficient (Wildman–Crippen LogP) is 3.51. The van der Waals surface area contributed by atoms with Gasteiger partial charge in [0, 0.05) is 25.0 Å². The lowest BCUT2D eigenvalue weighted by Gasteiger charge is -2.29. The van der Waals surface area contributed by atoms with Crippen LogP contribution in [0.25, 0.3) is 0 Å². The summed E-state index contributed by atoms with van der Waals surface area (Å²) in [7, 11) is 0. The second-order valence-corrected chi connectivity index (χ2v) is 8.05. The molecule has 2 fully saturated rings. The fourth-order valence-electron chi connectivity index (χ4n) is 3.68. The topological polar surface area (TPSA) is 55.8 Å². The van der Waals surface area contributed by atoms with E-state index in [9.17, 15) is 9.90 Å². The van der Waals surface area contributed by atoms with E-state index in [4.69, 9.17) is 9.47 Å². The number of rotatable bonds is 8. The highest BCUT2D eigenvalue weighted by atomic mass is 32.2. The van der Waals surface area contributed by atoms with Crippen molar-refractivity contribution in [1.29, 1.82) is 0 Å². The number of aliphatic hydroxyl groups excluding tert-OH is 1. The van der Waals surface area contributed by atoms with Crippen molar-refractivity contribution in [2.75, 3.05) is 13.2 Å². The van der Waals surface area contributed by atoms with Crippen LogP contribution in [0.4, 0.5) is 0 Å². The zero-order valence-corrected chi connectivity index (χ0v) is 14.7. The molecule has 4 nitrogen and oxygen atoms in total. The van der Waals surface area contributed by atoms with Crippen molar-refractivity contribution in [3.05, 3.63) is 0 Å². The second-order valence-electron chi connectivity index (χ2n) is 6.64. The van der Waals surface area contributed by atoms with E-state index in [1.807, 2.05) is 0 Å². The molecular weight excluding hydrogens is 300 g/mol. The zero-order valence-electron chi connectivity index (χ0n) is 13.9. The first-order chi connectivity index (χ1) is 10.5. The van der Waals surface area contributed by atoms with Gasteiger partial charge in [0.1, 0.15) is 0 Å². The molecule has 1 saturated carbocycles. The van der Waals surface area contributed by atoms with Gasteiger partial charge in [-0.1, -0.05) is 31.5 Å². The van der Waals surface area contributed by atoms with Crippen molar-refractivity contribution < 1.29 is 19.4 Å². The fraction of sp³-hybridized carbons (Fsp3) is 0.941. The standard InChI is InChI=1S/C17H30O4S/c1-3-4-5-7-17(20-9-10-21-17)8-6-14-11-15(19)12-16(14)22-13(2)18/h14-16,19H,3-12H2,1-2H3/t14-,15-,16-/m1/s1. The smallest absolute Gasteiger partial charge is 0.186 e. The highest BCUT2D eigenvalue weighted by Crippen LogP contribution is 2.41. The summed E-state index contributed by atoms with van der Waals surface area (Å²) in [6.07, 6.45) is 7.62. The van der Waals surface area contributed by atoms with Gasteiger partial charge < -0.3 is 14.6 Å². The van der Waals surface area contributed by atoms with Crippen LogP contribution in [0.5, 0.6) is 0 Å². The SMILES string of the molecule is CCCCCC1(CC[C@@H]2C[C@@H](O)C[C@H]2SC(C)=O)OCCO1. The first kappa shape index (κ1) is 18.2. The van der Waals surface area contributed by atoms with Crippen molar-refractivity contribution in [3.63, 3.8) is 0 Å². The van der Waals surface area contributed by atoms with Crippen LogP contribution >= 0.6 is 11.8 Å².